The monoisotopic (exact) mass is 259 g/mol. The Morgan fingerprint density at radius 2 is 2.11 bits per heavy atom. The minimum Gasteiger partial charge on any atom is -0.496 e. The van der Waals surface area contributed by atoms with Crippen LogP contribution in [0.25, 0.3) is 11.3 Å². The maximum absolute atomic E-state index is 5.75. The zero-order valence-corrected chi connectivity index (χ0v) is 11.9. The van der Waals surface area contributed by atoms with Gasteiger partial charge in [-0.05, 0) is 36.1 Å². The van der Waals surface area contributed by atoms with Gasteiger partial charge in [-0.15, -0.1) is 0 Å². The van der Waals surface area contributed by atoms with Crippen LogP contribution in [0, 0.1) is 6.92 Å². The minimum absolute atomic E-state index is 0.401. The number of ether oxygens (including phenoxy) is 1. The molecule has 1 aromatic carbocycles. The van der Waals surface area contributed by atoms with Gasteiger partial charge < -0.3 is 10.5 Å². The highest BCUT2D eigenvalue weighted by atomic mass is 16.5. The lowest BCUT2D eigenvalue weighted by Gasteiger charge is -2.16. The molecule has 0 bridgehead atoms. The summed E-state index contributed by atoms with van der Waals surface area (Å²) < 4.78 is 5.47. The highest BCUT2D eigenvalue weighted by Crippen LogP contribution is 2.34. The second-order valence-corrected chi connectivity index (χ2v) is 5.04. The van der Waals surface area contributed by atoms with Crippen LogP contribution < -0.4 is 10.5 Å². The number of nitrogens with two attached hydrogens (primary N) is 1. The number of aromatic amines is 1. The maximum Gasteiger partial charge on any atom is 0.122 e. The number of aromatic nitrogens is 2. The number of rotatable bonds is 4. The van der Waals surface area contributed by atoms with E-state index < -0.39 is 0 Å². The molecule has 0 unspecified atom stereocenters. The molecule has 4 nitrogen and oxygen atoms in total. The fourth-order valence-electron chi connectivity index (χ4n) is 2.29. The van der Waals surface area contributed by atoms with Crippen molar-refractivity contribution >= 4 is 0 Å². The van der Waals surface area contributed by atoms with Gasteiger partial charge in [0.2, 0.25) is 0 Å². The summed E-state index contributed by atoms with van der Waals surface area (Å²) in [5, 5.41) is 7.14. The minimum atomic E-state index is 0.401. The third kappa shape index (κ3) is 2.49. The first kappa shape index (κ1) is 13.6. The van der Waals surface area contributed by atoms with Crippen LogP contribution in [-0.2, 0) is 6.54 Å². The molecule has 0 amide bonds. The van der Waals surface area contributed by atoms with Crippen molar-refractivity contribution in [2.75, 3.05) is 7.11 Å². The van der Waals surface area contributed by atoms with Gasteiger partial charge in [-0.3, -0.25) is 5.10 Å². The number of aryl methyl sites for hydroxylation is 1. The van der Waals surface area contributed by atoms with Gasteiger partial charge in [0.25, 0.3) is 0 Å². The molecule has 1 aromatic heterocycles. The van der Waals surface area contributed by atoms with Gasteiger partial charge in [0.1, 0.15) is 5.75 Å². The summed E-state index contributed by atoms with van der Waals surface area (Å²) in [7, 11) is 1.71. The number of nitrogens with one attached hydrogen (secondary N) is 1. The number of benzene rings is 1. The fraction of sp³-hybridized carbons (Fsp3) is 0.400. The lowest BCUT2D eigenvalue weighted by molar-refractivity contribution is 0.407. The molecule has 2 aromatic rings. The first-order valence-electron chi connectivity index (χ1n) is 6.49. The Balaban J connectivity index is 2.61. The fourth-order valence-corrected chi connectivity index (χ4v) is 2.29. The number of nitrogens with zero attached hydrogens (tertiary/aromatic N) is 1. The lowest BCUT2D eigenvalue weighted by Crippen LogP contribution is -2.00. The molecular formula is C15H21N3O. The molecule has 1 heterocycles. The summed E-state index contributed by atoms with van der Waals surface area (Å²) in [5.74, 6) is 1.34. The first-order chi connectivity index (χ1) is 9.08. The van der Waals surface area contributed by atoms with Crippen molar-refractivity contribution in [3.63, 3.8) is 0 Å². The highest BCUT2D eigenvalue weighted by Gasteiger charge is 2.15. The van der Waals surface area contributed by atoms with Crippen molar-refractivity contribution in [1.82, 2.24) is 10.2 Å². The Hall–Kier alpha value is -1.81. The number of hydrogen-bond donors (Lipinski definition) is 2. The van der Waals surface area contributed by atoms with Crippen molar-refractivity contribution in [2.45, 2.75) is 33.2 Å². The predicted octanol–water partition coefficient (Wildman–Crippen LogP) is 2.98. The molecule has 0 aliphatic rings. The normalized spacial score (nSPS) is 11.1. The molecule has 0 aliphatic heterocycles. The van der Waals surface area contributed by atoms with E-state index in [9.17, 15) is 0 Å². The van der Waals surface area contributed by atoms with Crippen molar-refractivity contribution in [3.05, 3.63) is 35.0 Å². The maximum atomic E-state index is 5.75. The zero-order chi connectivity index (χ0) is 14.0. The van der Waals surface area contributed by atoms with E-state index in [0.717, 1.165) is 28.1 Å². The van der Waals surface area contributed by atoms with Crippen LogP contribution in [-0.4, -0.2) is 17.3 Å². The SMILES string of the molecule is COc1cc(C)c(-c2[nH]ncc2CN)cc1C(C)C. The predicted molar refractivity (Wildman–Crippen MR) is 77.3 cm³/mol. The van der Waals surface area contributed by atoms with E-state index in [4.69, 9.17) is 10.5 Å². The van der Waals surface area contributed by atoms with Crippen LogP contribution >= 0.6 is 0 Å². The lowest BCUT2D eigenvalue weighted by atomic mass is 9.94. The molecule has 0 atom stereocenters. The summed E-state index contributed by atoms with van der Waals surface area (Å²) in [6, 6.07) is 4.25. The number of methoxy groups -OCH3 is 1. The molecule has 4 heteroatoms. The van der Waals surface area contributed by atoms with E-state index >= 15 is 0 Å². The van der Waals surface area contributed by atoms with E-state index in [2.05, 4.69) is 43.1 Å². The van der Waals surface area contributed by atoms with Crippen molar-refractivity contribution in [2.24, 2.45) is 5.73 Å². The van der Waals surface area contributed by atoms with Crippen LogP contribution in [0.3, 0.4) is 0 Å². The highest BCUT2D eigenvalue weighted by molar-refractivity contribution is 5.69. The zero-order valence-electron chi connectivity index (χ0n) is 11.9. The van der Waals surface area contributed by atoms with Crippen LogP contribution in [0.1, 0.15) is 36.5 Å². The Morgan fingerprint density at radius 3 is 2.68 bits per heavy atom. The van der Waals surface area contributed by atoms with E-state index in [1.807, 2.05) is 0 Å². The Morgan fingerprint density at radius 1 is 1.37 bits per heavy atom. The van der Waals surface area contributed by atoms with Gasteiger partial charge in [0, 0.05) is 17.7 Å². The largest absolute Gasteiger partial charge is 0.496 e. The van der Waals surface area contributed by atoms with E-state index in [-0.39, 0.29) is 0 Å². The van der Waals surface area contributed by atoms with Gasteiger partial charge in [-0.25, -0.2) is 0 Å². The molecule has 102 valence electrons. The van der Waals surface area contributed by atoms with Gasteiger partial charge in [-0.1, -0.05) is 13.8 Å². The second kappa shape index (κ2) is 5.45. The standard InChI is InChI=1S/C15H21N3O/c1-9(2)12-6-13(10(3)5-14(12)19-4)15-11(7-16)8-17-18-15/h5-6,8-9H,7,16H2,1-4H3,(H,17,18). The van der Waals surface area contributed by atoms with E-state index in [0.29, 0.717) is 12.5 Å². The summed E-state index contributed by atoms with van der Waals surface area (Å²) in [4.78, 5) is 0. The average Bonchev–Trinajstić information content (AvgIpc) is 2.85. The van der Waals surface area contributed by atoms with Crippen molar-refractivity contribution in [3.8, 4) is 17.0 Å². The molecule has 19 heavy (non-hydrogen) atoms. The molecule has 0 aliphatic carbocycles. The van der Waals surface area contributed by atoms with Crippen molar-refractivity contribution in [1.29, 1.82) is 0 Å². The van der Waals surface area contributed by atoms with Crippen molar-refractivity contribution < 1.29 is 4.74 Å². The summed E-state index contributed by atoms with van der Waals surface area (Å²) in [6.45, 7) is 6.87. The van der Waals surface area contributed by atoms with Gasteiger partial charge in [-0.2, -0.15) is 5.10 Å². The first-order valence-corrected chi connectivity index (χ1v) is 6.49. The Kier molecular flexibility index (Phi) is 3.90. The Bertz CT molecular complexity index is 573. The van der Waals surface area contributed by atoms with Gasteiger partial charge >= 0.3 is 0 Å². The molecule has 2 rings (SSSR count). The molecule has 0 radical (unpaired) electrons. The smallest absolute Gasteiger partial charge is 0.122 e. The number of hydrogen-bond acceptors (Lipinski definition) is 3. The summed E-state index contributed by atoms with van der Waals surface area (Å²) in [5.41, 5.74) is 11.3. The third-order valence-electron chi connectivity index (χ3n) is 3.41. The van der Waals surface area contributed by atoms with E-state index in [1.54, 1.807) is 13.3 Å². The average molecular weight is 259 g/mol. The summed E-state index contributed by atoms with van der Waals surface area (Å²) in [6.07, 6.45) is 1.79. The van der Waals surface area contributed by atoms with Crippen LogP contribution in [0.15, 0.2) is 18.3 Å². The van der Waals surface area contributed by atoms with Gasteiger partial charge in [0.05, 0.1) is 19.0 Å². The summed E-state index contributed by atoms with van der Waals surface area (Å²) >= 11 is 0. The molecule has 3 N–H and O–H groups in total. The van der Waals surface area contributed by atoms with Crippen LogP contribution in [0.5, 0.6) is 5.75 Å². The Labute approximate surface area is 114 Å². The van der Waals surface area contributed by atoms with E-state index in [1.165, 1.54) is 5.56 Å². The van der Waals surface area contributed by atoms with Gasteiger partial charge in [0.15, 0.2) is 0 Å². The topological polar surface area (TPSA) is 63.9 Å². The molecular weight excluding hydrogens is 238 g/mol. The second-order valence-electron chi connectivity index (χ2n) is 5.04. The molecule has 0 spiro atoms. The molecule has 0 saturated heterocycles. The molecule has 0 saturated carbocycles. The van der Waals surface area contributed by atoms with Crippen LogP contribution in [0.2, 0.25) is 0 Å². The number of H-pyrrole nitrogens is 1. The third-order valence-corrected chi connectivity index (χ3v) is 3.41. The van der Waals surface area contributed by atoms with Crippen LogP contribution in [0.4, 0.5) is 0 Å². The quantitative estimate of drug-likeness (QED) is 0.887. The molecule has 0 fully saturated rings.